The van der Waals surface area contributed by atoms with Gasteiger partial charge in [-0.25, -0.2) is 0 Å². The summed E-state index contributed by atoms with van der Waals surface area (Å²) in [6.07, 6.45) is 0.807. The lowest BCUT2D eigenvalue weighted by molar-refractivity contribution is -0.139. The average molecular weight is 406 g/mol. The zero-order valence-electron chi connectivity index (χ0n) is 16.3. The van der Waals surface area contributed by atoms with Crippen molar-refractivity contribution in [2.75, 3.05) is 13.2 Å². The van der Waals surface area contributed by atoms with Crippen LogP contribution in [0.4, 0.5) is 0 Å². The number of benzene rings is 2. The summed E-state index contributed by atoms with van der Waals surface area (Å²) in [6, 6.07) is 14.9. The molecule has 2 aromatic carbocycles. The van der Waals surface area contributed by atoms with Crippen molar-refractivity contribution in [2.24, 2.45) is 0 Å². The fourth-order valence-electron chi connectivity index (χ4n) is 4.74. The van der Waals surface area contributed by atoms with Gasteiger partial charge in [-0.15, -0.1) is 0 Å². The van der Waals surface area contributed by atoms with Crippen LogP contribution in [-0.2, 0) is 14.3 Å². The fraction of sp³-hybridized carbons (Fsp3) is 0.348. The van der Waals surface area contributed by atoms with E-state index < -0.39 is 11.6 Å². The maximum absolute atomic E-state index is 13.7. The molecule has 7 nitrogen and oxygen atoms in total. The Bertz CT molecular complexity index is 1010. The fourth-order valence-corrected chi connectivity index (χ4v) is 4.74. The van der Waals surface area contributed by atoms with E-state index >= 15 is 0 Å². The van der Waals surface area contributed by atoms with E-state index in [9.17, 15) is 19.5 Å². The number of fused-ring (bicyclic) bond motifs is 1. The molecule has 30 heavy (non-hydrogen) atoms. The Labute approximate surface area is 173 Å². The third-order valence-electron chi connectivity index (χ3n) is 6.38. The molecule has 2 saturated heterocycles. The summed E-state index contributed by atoms with van der Waals surface area (Å²) in [6.45, 7) is 0.467. The van der Waals surface area contributed by atoms with Crippen LogP contribution < -0.4 is 5.32 Å². The number of hydrogen-bond donors (Lipinski definition) is 2. The summed E-state index contributed by atoms with van der Waals surface area (Å²) in [5.74, 6) is -0.737. The molecule has 154 valence electrons. The smallest absolute Gasteiger partial charge is 0.252 e. The highest BCUT2D eigenvalue weighted by atomic mass is 16.5. The van der Waals surface area contributed by atoms with Crippen LogP contribution in [0.3, 0.4) is 0 Å². The van der Waals surface area contributed by atoms with Gasteiger partial charge in [-0.1, -0.05) is 30.3 Å². The first-order valence-corrected chi connectivity index (χ1v) is 10.1. The van der Waals surface area contributed by atoms with Crippen LogP contribution in [0.15, 0.2) is 54.6 Å². The SMILES string of the molecule is O=C(NC1(C(=O)N2CCC3OCC(=O)[C@H]32)CC1c1ccc(O)cc1)c1ccccc1. The standard InChI is InChI=1S/C23H22N2O5/c26-16-8-6-14(7-9-16)17-12-23(17,24-21(28)15-4-2-1-3-5-15)22(29)25-11-10-19-20(25)18(27)13-30-19/h1-9,17,19-20,26H,10-13H2,(H,24,28)/t17?,19?,20-,23?/m1/s1. The molecule has 1 aliphatic carbocycles. The van der Waals surface area contributed by atoms with Gasteiger partial charge in [-0.2, -0.15) is 0 Å². The highest BCUT2D eigenvalue weighted by Gasteiger charge is 2.65. The van der Waals surface area contributed by atoms with Crippen molar-refractivity contribution in [1.82, 2.24) is 10.2 Å². The summed E-state index contributed by atoms with van der Waals surface area (Å²) in [5, 5.41) is 12.6. The van der Waals surface area contributed by atoms with Crippen LogP contribution in [0.1, 0.15) is 34.7 Å². The second-order valence-electron chi connectivity index (χ2n) is 8.19. The quantitative estimate of drug-likeness (QED) is 0.805. The van der Waals surface area contributed by atoms with Gasteiger partial charge in [0.15, 0.2) is 5.78 Å². The van der Waals surface area contributed by atoms with Gasteiger partial charge in [0.25, 0.3) is 5.91 Å². The number of nitrogens with one attached hydrogen (secondary N) is 1. The van der Waals surface area contributed by atoms with Gasteiger partial charge in [0.05, 0.1) is 6.10 Å². The number of carbonyl (C=O) groups is 3. The highest BCUT2D eigenvalue weighted by Crippen LogP contribution is 2.53. The van der Waals surface area contributed by atoms with Gasteiger partial charge in [0.2, 0.25) is 5.91 Å². The van der Waals surface area contributed by atoms with Gasteiger partial charge in [0.1, 0.15) is 23.9 Å². The summed E-state index contributed by atoms with van der Waals surface area (Å²) in [5.41, 5.74) is 0.224. The van der Waals surface area contributed by atoms with Crippen molar-refractivity contribution in [3.05, 3.63) is 65.7 Å². The number of aromatic hydroxyl groups is 1. The Kier molecular flexibility index (Phi) is 4.36. The van der Waals surface area contributed by atoms with Crippen LogP contribution in [0.25, 0.3) is 0 Å². The molecule has 0 spiro atoms. The van der Waals surface area contributed by atoms with Crippen molar-refractivity contribution in [2.45, 2.75) is 36.4 Å². The molecule has 2 aromatic rings. The van der Waals surface area contributed by atoms with E-state index in [2.05, 4.69) is 5.32 Å². The summed E-state index contributed by atoms with van der Waals surface area (Å²) >= 11 is 0. The van der Waals surface area contributed by atoms with Crippen LogP contribution in [-0.4, -0.2) is 58.4 Å². The van der Waals surface area contributed by atoms with Crippen LogP contribution in [0.5, 0.6) is 5.75 Å². The molecule has 2 aliphatic heterocycles. The molecule has 3 fully saturated rings. The van der Waals surface area contributed by atoms with Gasteiger partial charge in [-0.05, 0) is 42.7 Å². The average Bonchev–Trinajstić information content (AvgIpc) is 3.13. The molecule has 0 bridgehead atoms. The van der Waals surface area contributed by atoms with Gasteiger partial charge < -0.3 is 20.1 Å². The molecule has 0 aromatic heterocycles. The van der Waals surface area contributed by atoms with E-state index in [1.807, 2.05) is 6.07 Å². The lowest BCUT2D eigenvalue weighted by Crippen LogP contribution is -2.54. The minimum Gasteiger partial charge on any atom is -0.508 e. The first kappa shape index (κ1) is 18.8. The number of nitrogens with zero attached hydrogens (tertiary/aromatic N) is 1. The van der Waals surface area contributed by atoms with E-state index in [1.165, 1.54) is 0 Å². The molecule has 7 heteroatoms. The molecular formula is C23H22N2O5. The number of Topliss-reactive ketones (excluding diaryl/α,β-unsaturated/α-hetero) is 1. The molecule has 5 rings (SSSR count). The van der Waals surface area contributed by atoms with Gasteiger partial charge in [0, 0.05) is 18.0 Å². The maximum Gasteiger partial charge on any atom is 0.252 e. The molecular weight excluding hydrogens is 384 g/mol. The molecule has 2 amide bonds. The van der Waals surface area contributed by atoms with Crippen molar-refractivity contribution in [3.63, 3.8) is 0 Å². The third-order valence-corrected chi connectivity index (χ3v) is 6.38. The molecule has 2 heterocycles. The second kappa shape index (κ2) is 6.95. The van der Waals surface area contributed by atoms with E-state index in [4.69, 9.17) is 4.74 Å². The van der Waals surface area contributed by atoms with Crippen LogP contribution in [0, 0.1) is 0 Å². The number of phenolic OH excluding ortho intramolecular Hbond substituents is 1. The second-order valence-corrected chi connectivity index (χ2v) is 8.19. The van der Waals surface area contributed by atoms with Crippen molar-refractivity contribution < 1.29 is 24.2 Å². The van der Waals surface area contributed by atoms with E-state index in [-0.39, 0.29) is 42.0 Å². The maximum atomic E-state index is 13.7. The molecule has 1 saturated carbocycles. The minimum atomic E-state index is -1.11. The molecule has 3 unspecified atom stereocenters. The largest absolute Gasteiger partial charge is 0.508 e. The molecule has 4 atom stereocenters. The minimum absolute atomic E-state index is 0.0316. The summed E-state index contributed by atoms with van der Waals surface area (Å²) < 4.78 is 5.52. The summed E-state index contributed by atoms with van der Waals surface area (Å²) in [4.78, 5) is 40.5. The first-order chi connectivity index (χ1) is 14.5. The zero-order chi connectivity index (χ0) is 20.9. The Hall–Kier alpha value is -3.19. The van der Waals surface area contributed by atoms with Crippen LogP contribution in [0.2, 0.25) is 0 Å². The summed E-state index contributed by atoms with van der Waals surface area (Å²) in [7, 11) is 0. The number of ether oxygens (including phenoxy) is 1. The highest BCUT2D eigenvalue weighted by molar-refractivity contribution is 6.03. The van der Waals surface area contributed by atoms with Crippen molar-refractivity contribution >= 4 is 17.6 Å². The number of phenols is 1. The number of carbonyl (C=O) groups excluding carboxylic acids is 3. The lowest BCUT2D eigenvalue weighted by Gasteiger charge is -2.28. The van der Waals surface area contributed by atoms with E-state index in [1.54, 1.807) is 53.4 Å². The predicted octanol–water partition coefficient (Wildman–Crippen LogP) is 1.62. The number of hydrogen-bond acceptors (Lipinski definition) is 5. The number of rotatable bonds is 4. The predicted molar refractivity (Wildman–Crippen MR) is 107 cm³/mol. The Morgan fingerprint density at radius 2 is 1.83 bits per heavy atom. The van der Waals surface area contributed by atoms with E-state index in [0.29, 0.717) is 24.9 Å². The first-order valence-electron chi connectivity index (χ1n) is 10.1. The molecule has 0 radical (unpaired) electrons. The topological polar surface area (TPSA) is 95.9 Å². The van der Waals surface area contributed by atoms with Crippen molar-refractivity contribution in [1.29, 1.82) is 0 Å². The zero-order valence-corrected chi connectivity index (χ0v) is 16.3. The normalized spacial score (nSPS) is 29.5. The van der Waals surface area contributed by atoms with E-state index in [0.717, 1.165) is 5.56 Å². The van der Waals surface area contributed by atoms with Gasteiger partial charge in [-0.3, -0.25) is 14.4 Å². The monoisotopic (exact) mass is 406 g/mol. The Balaban J connectivity index is 1.46. The number of amides is 2. The van der Waals surface area contributed by atoms with Crippen LogP contribution >= 0.6 is 0 Å². The van der Waals surface area contributed by atoms with Crippen molar-refractivity contribution in [3.8, 4) is 5.75 Å². The Morgan fingerprint density at radius 3 is 2.57 bits per heavy atom. The Morgan fingerprint density at radius 1 is 1.10 bits per heavy atom. The number of likely N-dealkylation sites (tertiary alicyclic amines) is 1. The molecule has 3 aliphatic rings. The lowest BCUT2D eigenvalue weighted by atomic mass is 10.0. The number of ketones is 1. The third kappa shape index (κ3) is 2.97. The van der Waals surface area contributed by atoms with Gasteiger partial charge >= 0.3 is 0 Å². The molecule has 2 N–H and O–H groups in total.